The summed E-state index contributed by atoms with van der Waals surface area (Å²) < 4.78 is 1.81. The number of rotatable bonds is 3. The summed E-state index contributed by atoms with van der Waals surface area (Å²) >= 11 is 1.34. The van der Waals surface area contributed by atoms with Crippen LogP contribution in [-0.4, -0.2) is 20.7 Å². The number of aliphatic imine (C=N–C) groups is 1. The van der Waals surface area contributed by atoms with Gasteiger partial charge in [-0.3, -0.25) is 0 Å². The van der Waals surface area contributed by atoms with Crippen molar-refractivity contribution in [2.45, 2.75) is 0 Å². The van der Waals surface area contributed by atoms with Crippen molar-refractivity contribution in [1.29, 1.82) is 0 Å². The van der Waals surface area contributed by atoms with Crippen LogP contribution >= 0.6 is 0 Å². The standard InChI is InChI=1S/C11H8N3.W/c1-12-5-2-3-10-7-9-4-6-13-8-11(9)14-10;/h1-2,4-8,14H;/q-1;. The molecule has 2 rings (SSSR count). The molecule has 0 bridgehead atoms. The second kappa shape index (κ2) is 4.94. The molecule has 4 heteroatoms. The molecule has 0 saturated heterocycles. The molecule has 15 heavy (non-hydrogen) atoms. The Morgan fingerprint density at radius 3 is 3.27 bits per heavy atom. The molecule has 1 N–H and O–H groups in total. The van der Waals surface area contributed by atoms with Crippen molar-refractivity contribution >= 4 is 21.6 Å². The van der Waals surface area contributed by atoms with Crippen LogP contribution in [0.4, 0.5) is 0 Å². The molecular weight excluding hydrogens is 358 g/mol. The molecule has 0 unspecified atom stereocenters. The number of hydrogen-bond donors (Lipinski definition) is 1. The van der Waals surface area contributed by atoms with Gasteiger partial charge in [0.1, 0.15) is 0 Å². The van der Waals surface area contributed by atoms with E-state index in [1.165, 1.54) is 19.4 Å². The molecule has 0 spiro atoms. The van der Waals surface area contributed by atoms with E-state index in [9.17, 15) is 0 Å². The van der Waals surface area contributed by atoms with Gasteiger partial charge in [-0.05, 0) is 0 Å². The van der Waals surface area contributed by atoms with E-state index in [1.807, 2.05) is 16.7 Å². The summed E-state index contributed by atoms with van der Waals surface area (Å²) in [5.41, 5.74) is 1.96. The summed E-state index contributed by atoms with van der Waals surface area (Å²) in [6.07, 6.45) is 10.2. The monoisotopic (exact) mass is 366 g/mol. The SMILES string of the molecule is [W]=[CH]N=CC=[C-]c1cc2ccncc2[nH]1. The van der Waals surface area contributed by atoms with Crippen molar-refractivity contribution in [3.8, 4) is 0 Å². The molecule has 0 aliphatic rings. The minimum atomic E-state index is 0.938. The first-order chi connectivity index (χ1) is 7.40. The Balaban J connectivity index is 2.25. The molecule has 74 valence electrons. The van der Waals surface area contributed by atoms with Gasteiger partial charge in [0.05, 0.1) is 0 Å². The van der Waals surface area contributed by atoms with Crippen LogP contribution in [-0.2, 0) is 19.4 Å². The molecule has 2 heterocycles. The number of H-pyrrole nitrogens is 1. The Hall–Kier alpha value is -1.34. The molecule has 0 amide bonds. The third kappa shape index (κ3) is 2.57. The van der Waals surface area contributed by atoms with Gasteiger partial charge in [0.2, 0.25) is 0 Å². The van der Waals surface area contributed by atoms with Gasteiger partial charge in [-0.25, -0.2) is 0 Å². The van der Waals surface area contributed by atoms with Crippen molar-refractivity contribution < 1.29 is 19.4 Å². The average Bonchev–Trinajstić information content (AvgIpc) is 2.67. The van der Waals surface area contributed by atoms with Crippen LogP contribution in [0, 0.1) is 6.08 Å². The molecule has 0 fully saturated rings. The van der Waals surface area contributed by atoms with Gasteiger partial charge in [0.15, 0.2) is 0 Å². The number of nitrogens with one attached hydrogen (secondary N) is 1. The van der Waals surface area contributed by atoms with Gasteiger partial charge in [0.25, 0.3) is 0 Å². The molecule has 2 aromatic rings. The fraction of sp³-hybridized carbons (Fsp3) is 0. The van der Waals surface area contributed by atoms with E-state index in [4.69, 9.17) is 0 Å². The molecule has 0 atom stereocenters. The van der Waals surface area contributed by atoms with Gasteiger partial charge in [0, 0.05) is 0 Å². The van der Waals surface area contributed by atoms with Gasteiger partial charge in [-0.2, -0.15) is 0 Å². The van der Waals surface area contributed by atoms with E-state index in [0.717, 1.165) is 16.6 Å². The second-order valence-corrected chi connectivity index (χ2v) is 3.62. The Labute approximate surface area is 98.4 Å². The van der Waals surface area contributed by atoms with Gasteiger partial charge in [-0.1, -0.05) is 0 Å². The maximum atomic E-state index is 4.04. The summed E-state index contributed by atoms with van der Waals surface area (Å²) in [6.45, 7) is 0. The second-order valence-electron chi connectivity index (χ2n) is 2.86. The Morgan fingerprint density at radius 1 is 1.53 bits per heavy atom. The number of aromatic amines is 1. The zero-order chi connectivity index (χ0) is 10.5. The van der Waals surface area contributed by atoms with Crippen molar-refractivity contribution in [3.63, 3.8) is 0 Å². The number of hydrogen-bond acceptors (Lipinski definition) is 2. The van der Waals surface area contributed by atoms with E-state index >= 15 is 0 Å². The first kappa shape index (κ1) is 10.2. The number of pyridine rings is 1. The van der Waals surface area contributed by atoms with Gasteiger partial charge < -0.3 is 0 Å². The third-order valence-corrected chi connectivity index (χ3v) is 2.32. The van der Waals surface area contributed by atoms with Crippen LogP contribution < -0.4 is 0 Å². The molecule has 0 radical (unpaired) electrons. The number of allylic oxidation sites excluding steroid dienone is 1. The minimum absolute atomic E-state index is 0.938. The van der Waals surface area contributed by atoms with Crippen molar-refractivity contribution in [2.24, 2.45) is 4.99 Å². The van der Waals surface area contributed by atoms with Crippen molar-refractivity contribution in [2.75, 3.05) is 0 Å². The normalized spacial score (nSPS) is 11.7. The molecule has 3 nitrogen and oxygen atoms in total. The van der Waals surface area contributed by atoms with Crippen LogP contribution in [0.15, 0.2) is 35.6 Å². The molecule has 0 aliphatic heterocycles. The predicted octanol–water partition coefficient (Wildman–Crippen LogP) is 1.65. The summed E-state index contributed by atoms with van der Waals surface area (Å²) in [4.78, 5) is 11.2. The Morgan fingerprint density at radius 2 is 2.47 bits per heavy atom. The van der Waals surface area contributed by atoms with Crippen molar-refractivity contribution in [3.05, 3.63) is 42.4 Å². The van der Waals surface area contributed by atoms with E-state index in [0.29, 0.717) is 0 Å². The zero-order valence-corrected chi connectivity index (χ0v) is 10.8. The Kier molecular flexibility index (Phi) is 3.36. The van der Waals surface area contributed by atoms with E-state index < -0.39 is 0 Å². The summed E-state index contributed by atoms with van der Waals surface area (Å²) in [5, 5.41) is 1.14. The Bertz CT molecular complexity index is 492. The average molecular weight is 366 g/mol. The zero-order valence-electron chi connectivity index (χ0n) is 7.84. The first-order valence-electron chi connectivity index (χ1n) is 4.38. The topological polar surface area (TPSA) is 41.0 Å². The fourth-order valence-corrected chi connectivity index (χ4v) is 1.51. The van der Waals surface area contributed by atoms with Crippen LogP contribution in [0.3, 0.4) is 0 Å². The molecule has 2 aromatic heterocycles. The van der Waals surface area contributed by atoms with E-state index in [-0.39, 0.29) is 0 Å². The first-order valence-corrected chi connectivity index (χ1v) is 6.07. The van der Waals surface area contributed by atoms with Crippen LogP contribution in [0.5, 0.6) is 0 Å². The van der Waals surface area contributed by atoms with Crippen LogP contribution in [0.25, 0.3) is 10.9 Å². The molecular formula is C11H8N3W-. The van der Waals surface area contributed by atoms with Crippen molar-refractivity contribution in [1.82, 2.24) is 9.97 Å². The quantitative estimate of drug-likeness (QED) is 0.652. The molecule has 0 saturated carbocycles. The summed E-state index contributed by atoms with van der Waals surface area (Å²) in [5.74, 6) is 0. The molecule has 0 aromatic carbocycles. The third-order valence-electron chi connectivity index (χ3n) is 1.88. The predicted molar refractivity (Wildman–Crippen MR) is 57.6 cm³/mol. The maximum absolute atomic E-state index is 4.04. The number of fused-ring (bicyclic) bond motifs is 1. The van der Waals surface area contributed by atoms with Crippen LogP contribution in [0.2, 0.25) is 0 Å². The summed E-state index contributed by atoms with van der Waals surface area (Å²) in [6, 6.07) is 4.00. The fourth-order valence-electron chi connectivity index (χ4n) is 1.26. The van der Waals surface area contributed by atoms with E-state index in [2.05, 4.69) is 21.0 Å². The molecule has 0 aliphatic carbocycles. The summed E-state index contributed by atoms with van der Waals surface area (Å²) in [7, 11) is 0. The number of aromatic nitrogens is 2. The number of nitrogens with zero attached hydrogens (tertiary/aromatic N) is 2. The van der Waals surface area contributed by atoms with Gasteiger partial charge in [-0.15, -0.1) is 0 Å². The van der Waals surface area contributed by atoms with Gasteiger partial charge >= 0.3 is 98.3 Å². The van der Waals surface area contributed by atoms with E-state index in [1.54, 1.807) is 24.7 Å². The van der Waals surface area contributed by atoms with Crippen LogP contribution in [0.1, 0.15) is 5.69 Å².